The van der Waals surface area contributed by atoms with Gasteiger partial charge in [-0.1, -0.05) is 41.9 Å². The van der Waals surface area contributed by atoms with E-state index in [4.69, 9.17) is 11.6 Å². The van der Waals surface area contributed by atoms with Crippen molar-refractivity contribution in [2.75, 3.05) is 5.32 Å². The van der Waals surface area contributed by atoms with Gasteiger partial charge in [0.15, 0.2) is 5.69 Å². The van der Waals surface area contributed by atoms with Crippen LogP contribution in [0.1, 0.15) is 21.9 Å². The Morgan fingerprint density at radius 3 is 2.24 bits per heavy atom. The molecule has 0 aliphatic carbocycles. The summed E-state index contributed by atoms with van der Waals surface area (Å²) < 4.78 is 80.1. The van der Waals surface area contributed by atoms with Crippen molar-refractivity contribution in [3.8, 4) is 11.3 Å². The maximum absolute atomic E-state index is 13.6. The van der Waals surface area contributed by atoms with Gasteiger partial charge < -0.3 is 5.32 Å². The molecule has 1 N–H and O–H groups in total. The summed E-state index contributed by atoms with van der Waals surface area (Å²) in [4.78, 5) is 20.3. The van der Waals surface area contributed by atoms with Gasteiger partial charge in [0.05, 0.1) is 22.0 Å². The third kappa shape index (κ3) is 4.60. The molecular weight excluding hydrogens is 476 g/mol. The smallest absolute Gasteiger partial charge is 0.318 e. The Morgan fingerprint density at radius 2 is 1.61 bits per heavy atom. The molecule has 4 aromatic rings. The van der Waals surface area contributed by atoms with Crippen molar-refractivity contribution in [2.45, 2.75) is 12.4 Å². The SMILES string of the molecule is O=C(Nc1cc(C(F)(F)F)ccc1Cl)c1nc2nc(-c3ccccc3)cc(C(F)(F)F)n2n1. The van der Waals surface area contributed by atoms with E-state index in [2.05, 4.69) is 20.4 Å². The molecule has 170 valence electrons. The van der Waals surface area contributed by atoms with Crippen LogP contribution < -0.4 is 5.32 Å². The number of rotatable bonds is 3. The quantitative estimate of drug-likeness (QED) is 0.376. The second kappa shape index (κ2) is 8.03. The highest BCUT2D eigenvalue weighted by molar-refractivity contribution is 6.33. The van der Waals surface area contributed by atoms with Crippen molar-refractivity contribution in [3.05, 3.63) is 76.7 Å². The molecule has 4 rings (SSSR count). The van der Waals surface area contributed by atoms with Gasteiger partial charge in [0.2, 0.25) is 5.82 Å². The fourth-order valence-electron chi connectivity index (χ4n) is 2.90. The zero-order chi connectivity index (χ0) is 24.0. The predicted molar refractivity (Wildman–Crippen MR) is 106 cm³/mol. The highest BCUT2D eigenvalue weighted by Gasteiger charge is 2.36. The highest BCUT2D eigenvalue weighted by atomic mass is 35.5. The van der Waals surface area contributed by atoms with Gasteiger partial charge in [-0.25, -0.2) is 4.98 Å². The molecule has 0 unspecified atom stereocenters. The van der Waals surface area contributed by atoms with E-state index >= 15 is 0 Å². The first-order chi connectivity index (χ1) is 15.4. The summed E-state index contributed by atoms with van der Waals surface area (Å²) in [5.41, 5.74) is -2.43. The number of hydrogen-bond donors (Lipinski definition) is 1. The molecule has 2 heterocycles. The lowest BCUT2D eigenvalue weighted by Crippen LogP contribution is -2.16. The van der Waals surface area contributed by atoms with Crippen molar-refractivity contribution in [2.24, 2.45) is 0 Å². The fraction of sp³-hybridized carbons (Fsp3) is 0.100. The van der Waals surface area contributed by atoms with Gasteiger partial charge in [0, 0.05) is 5.56 Å². The number of aromatic nitrogens is 4. The number of carbonyl (C=O) groups excluding carboxylic acids is 1. The summed E-state index contributed by atoms with van der Waals surface area (Å²) in [7, 11) is 0. The minimum atomic E-state index is -4.86. The van der Waals surface area contributed by atoms with Crippen LogP contribution in [0.2, 0.25) is 5.02 Å². The van der Waals surface area contributed by atoms with E-state index in [-0.39, 0.29) is 10.7 Å². The van der Waals surface area contributed by atoms with Gasteiger partial charge in [-0.05, 0) is 24.3 Å². The molecular formula is C20H10ClF6N5O. The number of fused-ring (bicyclic) bond motifs is 1. The Labute approximate surface area is 185 Å². The van der Waals surface area contributed by atoms with Crippen LogP contribution in [0.4, 0.5) is 32.0 Å². The summed E-state index contributed by atoms with van der Waals surface area (Å²) in [6.45, 7) is 0. The number of alkyl halides is 6. The Hall–Kier alpha value is -3.67. The zero-order valence-corrected chi connectivity index (χ0v) is 16.8. The zero-order valence-electron chi connectivity index (χ0n) is 16.0. The minimum absolute atomic E-state index is 0.0595. The van der Waals surface area contributed by atoms with Crippen LogP contribution in [-0.2, 0) is 12.4 Å². The van der Waals surface area contributed by atoms with Crippen molar-refractivity contribution in [1.82, 2.24) is 19.6 Å². The summed E-state index contributed by atoms with van der Waals surface area (Å²) in [5, 5.41) is 5.42. The number of carbonyl (C=O) groups is 1. The number of halogens is 7. The molecule has 0 aliphatic heterocycles. The molecule has 0 saturated heterocycles. The molecule has 6 nitrogen and oxygen atoms in total. The summed E-state index contributed by atoms with van der Waals surface area (Å²) >= 11 is 5.84. The molecule has 0 fully saturated rings. The number of hydrogen-bond acceptors (Lipinski definition) is 4. The number of nitrogens with zero attached hydrogens (tertiary/aromatic N) is 4. The first-order valence-corrected chi connectivity index (χ1v) is 9.40. The summed E-state index contributed by atoms with van der Waals surface area (Å²) in [6.07, 6.45) is -9.57. The van der Waals surface area contributed by atoms with Gasteiger partial charge in [-0.15, -0.1) is 5.10 Å². The topological polar surface area (TPSA) is 72.2 Å². The molecule has 0 saturated carbocycles. The Bertz CT molecular complexity index is 1350. The van der Waals surface area contributed by atoms with Gasteiger partial charge >= 0.3 is 12.4 Å². The van der Waals surface area contributed by atoms with Gasteiger partial charge in [0.25, 0.3) is 11.7 Å². The molecule has 0 bridgehead atoms. The predicted octanol–water partition coefficient (Wildman–Crippen LogP) is 5.73. The normalized spacial score (nSPS) is 12.2. The second-order valence-corrected chi connectivity index (χ2v) is 7.09. The molecule has 33 heavy (non-hydrogen) atoms. The van der Waals surface area contributed by atoms with Crippen LogP contribution in [-0.4, -0.2) is 25.5 Å². The van der Waals surface area contributed by atoms with Gasteiger partial charge in [-0.3, -0.25) is 4.79 Å². The van der Waals surface area contributed by atoms with E-state index < -0.39 is 46.8 Å². The Kier molecular flexibility index (Phi) is 5.48. The van der Waals surface area contributed by atoms with Crippen LogP contribution in [0.15, 0.2) is 54.6 Å². The largest absolute Gasteiger partial charge is 0.433 e. The first kappa shape index (κ1) is 22.5. The lowest BCUT2D eigenvalue weighted by molar-refractivity contribution is -0.142. The number of anilines is 1. The van der Waals surface area contributed by atoms with E-state index in [0.29, 0.717) is 22.2 Å². The van der Waals surface area contributed by atoms with Gasteiger partial charge in [-0.2, -0.15) is 35.8 Å². The van der Waals surface area contributed by atoms with E-state index in [1.807, 2.05) is 0 Å². The van der Waals surface area contributed by atoms with Crippen molar-refractivity contribution < 1.29 is 31.1 Å². The average Bonchev–Trinajstić information content (AvgIpc) is 3.18. The van der Waals surface area contributed by atoms with Crippen LogP contribution >= 0.6 is 11.6 Å². The maximum Gasteiger partial charge on any atom is 0.433 e. The van der Waals surface area contributed by atoms with Crippen molar-refractivity contribution in [1.29, 1.82) is 0 Å². The Balaban J connectivity index is 1.76. The molecule has 0 radical (unpaired) electrons. The molecule has 0 spiro atoms. The lowest BCUT2D eigenvalue weighted by Gasteiger charge is -2.10. The summed E-state index contributed by atoms with van der Waals surface area (Å²) in [5.74, 6) is -2.44. The minimum Gasteiger partial charge on any atom is -0.318 e. The number of amides is 1. The van der Waals surface area contributed by atoms with E-state index in [1.165, 1.54) is 0 Å². The van der Waals surface area contributed by atoms with Gasteiger partial charge in [0.1, 0.15) is 0 Å². The Morgan fingerprint density at radius 1 is 0.909 bits per heavy atom. The van der Waals surface area contributed by atoms with Crippen LogP contribution in [0.3, 0.4) is 0 Å². The average molecular weight is 486 g/mol. The fourth-order valence-corrected chi connectivity index (χ4v) is 3.06. The van der Waals surface area contributed by atoms with E-state index in [9.17, 15) is 31.1 Å². The van der Waals surface area contributed by atoms with Crippen LogP contribution in [0, 0.1) is 0 Å². The molecule has 1 amide bonds. The van der Waals surface area contributed by atoms with Crippen LogP contribution in [0.5, 0.6) is 0 Å². The second-order valence-electron chi connectivity index (χ2n) is 6.68. The standard InChI is InChI=1S/C20H10ClF6N5O/c21-12-7-6-11(19(22,23)24)8-14(12)28-17(33)16-30-18-29-13(10-4-2-1-3-5-10)9-15(20(25,26)27)32(18)31-16/h1-9H,(H,28,33). The van der Waals surface area contributed by atoms with Crippen molar-refractivity contribution in [3.63, 3.8) is 0 Å². The number of nitrogens with one attached hydrogen (secondary N) is 1. The third-order valence-electron chi connectivity index (χ3n) is 4.42. The maximum atomic E-state index is 13.6. The van der Waals surface area contributed by atoms with E-state index in [0.717, 1.165) is 12.1 Å². The number of benzene rings is 2. The molecule has 2 aromatic carbocycles. The monoisotopic (exact) mass is 485 g/mol. The molecule has 0 atom stereocenters. The van der Waals surface area contributed by atoms with Crippen molar-refractivity contribution >= 4 is 29.0 Å². The van der Waals surface area contributed by atoms with Crippen LogP contribution in [0.25, 0.3) is 17.0 Å². The molecule has 2 aromatic heterocycles. The molecule has 0 aliphatic rings. The highest BCUT2D eigenvalue weighted by Crippen LogP contribution is 2.34. The summed E-state index contributed by atoms with van der Waals surface area (Å²) in [6, 6.07) is 10.9. The lowest BCUT2D eigenvalue weighted by atomic mass is 10.1. The third-order valence-corrected chi connectivity index (χ3v) is 4.75. The molecule has 13 heteroatoms. The van der Waals surface area contributed by atoms with E-state index in [1.54, 1.807) is 30.3 Å². The first-order valence-electron chi connectivity index (χ1n) is 9.02.